The van der Waals surface area contributed by atoms with Crippen molar-refractivity contribution in [2.75, 3.05) is 56.0 Å². The number of nitrogens with one attached hydrogen (secondary N) is 1. The summed E-state index contributed by atoms with van der Waals surface area (Å²) in [6.45, 7) is 12.7. The van der Waals surface area contributed by atoms with Gasteiger partial charge in [0.2, 0.25) is 10.0 Å². The van der Waals surface area contributed by atoms with E-state index in [9.17, 15) is 13.2 Å². The second-order valence-corrected chi connectivity index (χ2v) is 9.62. The minimum atomic E-state index is -3.66. The lowest BCUT2D eigenvalue weighted by molar-refractivity contribution is 0.102. The zero-order valence-electron chi connectivity index (χ0n) is 19.2. The van der Waals surface area contributed by atoms with Crippen molar-refractivity contribution in [1.29, 1.82) is 0 Å². The molecule has 0 saturated carbocycles. The van der Waals surface area contributed by atoms with Crippen molar-refractivity contribution in [2.45, 2.75) is 32.6 Å². The first kappa shape index (κ1) is 24.1. The number of amides is 1. The van der Waals surface area contributed by atoms with E-state index in [2.05, 4.69) is 32.0 Å². The molecule has 0 bridgehead atoms. The molecule has 32 heavy (non-hydrogen) atoms. The Morgan fingerprint density at radius 1 is 1.06 bits per heavy atom. The summed E-state index contributed by atoms with van der Waals surface area (Å²) >= 11 is 0. The van der Waals surface area contributed by atoms with Gasteiger partial charge >= 0.3 is 0 Å². The molecule has 1 aromatic heterocycles. The molecule has 1 fully saturated rings. The minimum Gasteiger partial charge on any atom is -0.367 e. The Labute approximate surface area is 190 Å². The molecule has 10 heteroatoms. The quantitative estimate of drug-likeness (QED) is 0.645. The smallest absolute Gasteiger partial charge is 0.275 e. The molecule has 1 aromatic carbocycles. The van der Waals surface area contributed by atoms with Gasteiger partial charge in [0.25, 0.3) is 5.91 Å². The summed E-state index contributed by atoms with van der Waals surface area (Å²) in [7, 11) is -3.66. The Balaban J connectivity index is 1.97. The largest absolute Gasteiger partial charge is 0.367 e. The van der Waals surface area contributed by atoms with E-state index in [1.54, 1.807) is 39.0 Å². The first-order valence-electron chi connectivity index (χ1n) is 11.0. The molecule has 2 heterocycles. The molecule has 0 atom stereocenters. The van der Waals surface area contributed by atoms with E-state index in [4.69, 9.17) is 0 Å². The van der Waals surface area contributed by atoms with Crippen molar-refractivity contribution < 1.29 is 13.2 Å². The van der Waals surface area contributed by atoms with E-state index < -0.39 is 15.9 Å². The van der Waals surface area contributed by atoms with Crippen molar-refractivity contribution >= 4 is 27.3 Å². The Morgan fingerprint density at radius 2 is 1.75 bits per heavy atom. The predicted octanol–water partition coefficient (Wildman–Crippen LogP) is 2.21. The van der Waals surface area contributed by atoms with Gasteiger partial charge in [0.15, 0.2) is 0 Å². The van der Waals surface area contributed by atoms with E-state index in [0.29, 0.717) is 24.5 Å². The SMILES string of the molecule is CCN1CCN(c2ccc(S(=O)(=O)N(CC)CC)cc2NC(=O)c2cnc(C)cn2)CC1. The van der Waals surface area contributed by atoms with Crippen LogP contribution in [0.1, 0.15) is 37.0 Å². The molecule has 1 amide bonds. The molecule has 0 unspecified atom stereocenters. The number of piperazine rings is 1. The van der Waals surface area contributed by atoms with Crippen LogP contribution in [0.3, 0.4) is 0 Å². The molecular formula is C22H32N6O3S. The predicted molar refractivity (Wildman–Crippen MR) is 126 cm³/mol. The summed E-state index contributed by atoms with van der Waals surface area (Å²) in [5, 5.41) is 2.88. The maximum Gasteiger partial charge on any atom is 0.275 e. The van der Waals surface area contributed by atoms with Crippen LogP contribution in [0.5, 0.6) is 0 Å². The standard InChI is InChI=1S/C22H32N6O3S/c1-5-26-10-12-27(13-11-26)21-9-8-18(32(30,31)28(6-2)7-3)14-19(21)25-22(29)20-16-23-17(4)15-24-20/h8-9,14-16H,5-7,10-13H2,1-4H3,(H,25,29). The highest BCUT2D eigenvalue weighted by Gasteiger charge is 2.25. The van der Waals surface area contributed by atoms with Gasteiger partial charge in [0.05, 0.1) is 28.2 Å². The van der Waals surface area contributed by atoms with E-state index in [0.717, 1.165) is 38.4 Å². The molecule has 0 spiro atoms. The average Bonchev–Trinajstić information content (AvgIpc) is 2.80. The van der Waals surface area contributed by atoms with Crippen molar-refractivity contribution in [2.24, 2.45) is 0 Å². The average molecular weight is 461 g/mol. The minimum absolute atomic E-state index is 0.155. The third kappa shape index (κ3) is 5.25. The summed E-state index contributed by atoms with van der Waals surface area (Å²) in [5.74, 6) is -0.427. The van der Waals surface area contributed by atoms with Crippen LogP contribution in [0.2, 0.25) is 0 Å². The van der Waals surface area contributed by atoms with Crippen molar-refractivity contribution in [3.05, 3.63) is 42.0 Å². The van der Waals surface area contributed by atoms with Gasteiger partial charge in [-0.2, -0.15) is 4.31 Å². The van der Waals surface area contributed by atoms with Gasteiger partial charge in [-0.05, 0) is 31.7 Å². The molecular weight excluding hydrogens is 428 g/mol. The number of aryl methyl sites for hydroxylation is 1. The first-order chi connectivity index (χ1) is 15.3. The molecule has 1 N–H and O–H groups in total. The molecule has 3 rings (SSSR count). The lowest BCUT2D eigenvalue weighted by Crippen LogP contribution is -2.46. The monoisotopic (exact) mass is 460 g/mol. The molecule has 1 saturated heterocycles. The zero-order valence-corrected chi connectivity index (χ0v) is 20.0. The van der Waals surface area contributed by atoms with E-state index in [1.807, 2.05) is 0 Å². The van der Waals surface area contributed by atoms with Crippen molar-refractivity contribution in [1.82, 2.24) is 19.2 Å². The van der Waals surface area contributed by atoms with E-state index in [-0.39, 0.29) is 10.6 Å². The van der Waals surface area contributed by atoms with Crippen molar-refractivity contribution in [3.63, 3.8) is 0 Å². The summed E-state index contributed by atoms with van der Waals surface area (Å²) in [4.78, 5) is 25.8. The van der Waals surface area contributed by atoms with Gasteiger partial charge in [0.1, 0.15) is 5.69 Å². The van der Waals surface area contributed by atoms with Crippen LogP contribution < -0.4 is 10.2 Å². The van der Waals surface area contributed by atoms with Crippen LogP contribution in [0.25, 0.3) is 0 Å². The number of sulfonamides is 1. The number of rotatable bonds is 8. The van der Waals surface area contributed by atoms with E-state index >= 15 is 0 Å². The Morgan fingerprint density at radius 3 is 2.31 bits per heavy atom. The van der Waals surface area contributed by atoms with Gasteiger partial charge in [-0.25, -0.2) is 13.4 Å². The first-order valence-corrected chi connectivity index (χ1v) is 12.5. The van der Waals surface area contributed by atoms with Crippen LogP contribution in [0.4, 0.5) is 11.4 Å². The Bertz CT molecular complexity index is 1030. The Hall–Kier alpha value is -2.56. The number of carbonyl (C=O) groups excluding carboxylic acids is 1. The van der Waals surface area contributed by atoms with E-state index in [1.165, 1.54) is 16.7 Å². The number of carbonyl (C=O) groups is 1. The van der Waals surface area contributed by atoms with Gasteiger partial charge in [-0.3, -0.25) is 9.78 Å². The fourth-order valence-corrected chi connectivity index (χ4v) is 5.25. The molecule has 1 aliphatic rings. The van der Waals surface area contributed by atoms with Gasteiger partial charge in [-0.1, -0.05) is 20.8 Å². The normalized spacial score (nSPS) is 15.2. The Kier molecular flexibility index (Phi) is 7.81. The topological polar surface area (TPSA) is 98.7 Å². The van der Waals surface area contributed by atoms with Gasteiger partial charge < -0.3 is 15.1 Å². The van der Waals surface area contributed by atoms with Gasteiger partial charge in [-0.15, -0.1) is 0 Å². The number of likely N-dealkylation sites (N-methyl/N-ethyl adjacent to an activating group) is 1. The van der Waals surface area contributed by atoms with Crippen molar-refractivity contribution in [3.8, 4) is 0 Å². The number of anilines is 2. The number of aromatic nitrogens is 2. The number of benzene rings is 1. The molecule has 174 valence electrons. The van der Waals surface area contributed by atoms with Crippen LogP contribution in [-0.4, -0.2) is 79.3 Å². The molecule has 1 aliphatic heterocycles. The van der Waals surface area contributed by atoms with Crippen LogP contribution in [0, 0.1) is 6.92 Å². The van der Waals surface area contributed by atoms with Crippen LogP contribution >= 0.6 is 0 Å². The number of nitrogens with zero attached hydrogens (tertiary/aromatic N) is 5. The summed E-state index contributed by atoms with van der Waals surface area (Å²) in [5.41, 5.74) is 2.14. The summed E-state index contributed by atoms with van der Waals surface area (Å²) < 4.78 is 27.6. The molecule has 0 radical (unpaired) electrons. The number of hydrogen-bond acceptors (Lipinski definition) is 7. The highest BCUT2D eigenvalue weighted by molar-refractivity contribution is 7.89. The summed E-state index contributed by atoms with van der Waals surface area (Å²) in [6.07, 6.45) is 2.95. The lowest BCUT2D eigenvalue weighted by Gasteiger charge is -2.36. The third-order valence-corrected chi connectivity index (χ3v) is 7.78. The summed E-state index contributed by atoms with van der Waals surface area (Å²) in [6, 6.07) is 4.96. The lowest BCUT2D eigenvalue weighted by atomic mass is 10.2. The third-order valence-electron chi connectivity index (χ3n) is 5.73. The molecule has 0 aliphatic carbocycles. The highest BCUT2D eigenvalue weighted by atomic mass is 32.2. The maximum absolute atomic E-state index is 13.1. The van der Waals surface area contributed by atoms with Gasteiger partial charge in [0, 0.05) is 45.5 Å². The second-order valence-electron chi connectivity index (χ2n) is 7.69. The zero-order chi connectivity index (χ0) is 23.3. The highest BCUT2D eigenvalue weighted by Crippen LogP contribution is 2.31. The fourth-order valence-electron chi connectivity index (χ4n) is 3.77. The molecule has 2 aromatic rings. The number of hydrogen-bond donors (Lipinski definition) is 1. The molecule has 9 nitrogen and oxygen atoms in total. The van der Waals surface area contributed by atoms with Crippen LogP contribution in [-0.2, 0) is 10.0 Å². The van der Waals surface area contributed by atoms with Crippen LogP contribution in [0.15, 0.2) is 35.5 Å². The maximum atomic E-state index is 13.1. The fraction of sp³-hybridized carbons (Fsp3) is 0.500. The second kappa shape index (κ2) is 10.4.